The Morgan fingerprint density at radius 3 is 2.50 bits per heavy atom. The van der Waals surface area contributed by atoms with E-state index in [1.165, 1.54) is 5.56 Å². The van der Waals surface area contributed by atoms with Crippen LogP contribution in [0.4, 0.5) is 0 Å². The monoisotopic (exact) mass is 375 g/mol. The van der Waals surface area contributed by atoms with Gasteiger partial charge in [-0.2, -0.15) is 0 Å². The highest BCUT2D eigenvalue weighted by Crippen LogP contribution is 2.18. The van der Waals surface area contributed by atoms with E-state index in [2.05, 4.69) is 53.2 Å². The average molecular weight is 375 g/mol. The van der Waals surface area contributed by atoms with Crippen molar-refractivity contribution in [3.05, 3.63) is 75.8 Å². The summed E-state index contributed by atoms with van der Waals surface area (Å²) in [5.74, 6) is 1.41. The summed E-state index contributed by atoms with van der Waals surface area (Å²) < 4.78 is 3.59. The van der Waals surface area contributed by atoms with Crippen molar-refractivity contribution in [1.29, 1.82) is 0 Å². The van der Waals surface area contributed by atoms with Crippen LogP contribution in [0, 0.1) is 6.92 Å². The summed E-state index contributed by atoms with van der Waals surface area (Å²) in [5, 5.41) is 9.46. The first kappa shape index (κ1) is 18.4. The lowest BCUT2D eigenvalue weighted by Gasteiger charge is -2.25. The SMILES string of the molecule is Cc1ccc2c(c1)c(=O)n(C)c1nnc(CN(Cc3ccccc3)C(C)C)n21. The fraction of sp³-hybridized carbons (Fsp3) is 0.318. The van der Waals surface area contributed by atoms with Crippen molar-refractivity contribution in [1.82, 2.24) is 24.1 Å². The van der Waals surface area contributed by atoms with Gasteiger partial charge >= 0.3 is 0 Å². The number of fused-ring (bicyclic) bond motifs is 3. The van der Waals surface area contributed by atoms with Crippen molar-refractivity contribution in [3.8, 4) is 0 Å². The highest BCUT2D eigenvalue weighted by molar-refractivity contribution is 5.81. The van der Waals surface area contributed by atoms with Crippen molar-refractivity contribution in [2.24, 2.45) is 7.05 Å². The molecule has 28 heavy (non-hydrogen) atoms. The van der Waals surface area contributed by atoms with E-state index in [-0.39, 0.29) is 5.56 Å². The molecule has 0 N–H and O–H groups in total. The zero-order valence-corrected chi connectivity index (χ0v) is 16.8. The maximum atomic E-state index is 12.7. The molecule has 0 bridgehead atoms. The second-order valence-electron chi connectivity index (χ2n) is 7.62. The van der Waals surface area contributed by atoms with Crippen LogP contribution < -0.4 is 5.56 Å². The quantitative estimate of drug-likeness (QED) is 0.537. The first-order valence-corrected chi connectivity index (χ1v) is 9.57. The Morgan fingerprint density at radius 2 is 1.79 bits per heavy atom. The molecule has 2 aromatic heterocycles. The highest BCUT2D eigenvalue weighted by atomic mass is 16.1. The molecular weight excluding hydrogens is 350 g/mol. The van der Waals surface area contributed by atoms with Gasteiger partial charge in [0.2, 0.25) is 5.78 Å². The van der Waals surface area contributed by atoms with Crippen LogP contribution in [0.2, 0.25) is 0 Å². The van der Waals surface area contributed by atoms with Crippen LogP contribution in [-0.2, 0) is 20.1 Å². The predicted molar refractivity (Wildman–Crippen MR) is 111 cm³/mol. The van der Waals surface area contributed by atoms with Gasteiger partial charge in [0.05, 0.1) is 17.4 Å². The van der Waals surface area contributed by atoms with Gasteiger partial charge in [-0.3, -0.25) is 18.7 Å². The normalized spacial score (nSPS) is 11.9. The van der Waals surface area contributed by atoms with Crippen LogP contribution in [0.15, 0.2) is 53.3 Å². The van der Waals surface area contributed by atoms with Gasteiger partial charge in [0.1, 0.15) is 0 Å². The zero-order valence-electron chi connectivity index (χ0n) is 16.8. The number of hydrogen-bond donors (Lipinski definition) is 0. The Hall–Kier alpha value is -2.99. The van der Waals surface area contributed by atoms with Gasteiger partial charge in [0.25, 0.3) is 5.56 Å². The minimum Gasteiger partial charge on any atom is -0.289 e. The van der Waals surface area contributed by atoms with E-state index in [4.69, 9.17) is 0 Å². The van der Waals surface area contributed by atoms with E-state index in [1.807, 2.05) is 35.6 Å². The molecule has 0 spiro atoms. The summed E-state index contributed by atoms with van der Waals surface area (Å²) in [4.78, 5) is 15.1. The van der Waals surface area contributed by atoms with Gasteiger partial charge < -0.3 is 0 Å². The molecule has 6 heteroatoms. The second-order valence-corrected chi connectivity index (χ2v) is 7.62. The molecule has 4 aromatic rings. The number of aryl methyl sites for hydroxylation is 2. The molecule has 4 rings (SSSR count). The Labute approximate surface area is 164 Å². The lowest BCUT2D eigenvalue weighted by molar-refractivity contribution is 0.198. The summed E-state index contributed by atoms with van der Waals surface area (Å²) in [6, 6.07) is 16.7. The van der Waals surface area contributed by atoms with Crippen molar-refractivity contribution in [3.63, 3.8) is 0 Å². The highest BCUT2D eigenvalue weighted by Gasteiger charge is 2.19. The van der Waals surface area contributed by atoms with Gasteiger partial charge in [0.15, 0.2) is 5.82 Å². The summed E-state index contributed by atoms with van der Waals surface area (Å²) >= 11 is 0. The van der Waals surface area contributed by atoms with E-state index < -0.39 is 0 Å². The molecule has 0 radical (unpaired) electrons. The number of nitrogens with zero attached hydrogens (tertiary/aromatic N) is 5. The van der Waals surface area contributed by atoms with E-state index in [1.54, 1.807) is 11.6 Å². The van der Waals surface area contributed by atoms with Crippen LogP contribution in [-0.4, -0.2) is 30.1 Å². The summed E-state index contributed by atoms with van der Waals surface area (Å²) in [7, 11) is 1.75. The minimum absolute atomic E-state index is 0.0462. The van der Waals surface area contributed by atoms with E-state index in [0.717, 1.165) is 23.4 Å². The van der Waals surface area contributed by atoms with Crippen LogP contribution in [0.3, 0.4) is 0 Å². The molecule has 6 nitrogen and oxygen atoms in total. The Bertz CT molecular complexity index is 1190. The van der Waals surface area contributed by atoms with Crippen LogP contribution in [0.5, 0.6) is 0 Å². The molecular formula is C22H25N5O. The summed E-state index contributed by atoms with van der Waals surface area (Å²) in [6.45, 7) is 7.84. The smallest absolute Gasteiger partial charge is 0.262 e. The molecule has 0 atom stereocenters. The molecule has 0 unspecified atom stereocenters. The third-order valence-corrected chi connectivity index (χ3v) is 5.24. The van der Waals surface area contributed by atoms with E-state index in [9.17, 15) is 4.79 Å². The molecule has 0 saturated heterocycles. The van der Waals surface area contributed by atoms with Gasteiger partial charge in [0, 0.05) is 19.6 Å². The lowest BCUT2D eigenvalue weighted by Crippen LogP contribution is -2.31. The molecule has 2 heterocycles. The molecule has 0 amide bonds. The number of hydrogen-bond acceptors (Lipinski definition) is 4. The lowest BCUT2D eigenvalue weighted by atomic mass is 10.1. The largest absolute Gasteiger partial charge is 0.289 e. The average Bonchev–Trinajstić information content (AvgIpc) is 3.10. The van der Waals surface area contributed by atoms with Crippen molar-refractivity contribution in [2.75, 3.05) is 0 Å². The van der Waals surface area contributed by atoms with Crippen LogP contribution in [0.1, 0.15) is 30.8 Å². The molecule has 0 fully saturated rings. The maximum absolute atomic E-state index is 12.7. The van der Waals surface area contributed by atoms with Gasteiger partial charge in [-0.05, 0) is 38.5 Å². The van der Waals surface area contributed by atoms with Crippen molar-refractivity contribution in [2.45, 2.75) is 39.9 Å². The first-order valence-electron chi connectivity index (χ1n) is 9.57. The van der Waals surface area contributed by atoms with Crippen molar-refractivity contribution >= 4 is 16.7 Å². The number of aromatic nitrogens is 4. The molecule has 0 aliphatic heterocycles. The number of rotatable bonds is 5. The fourth-order valence-corrected chi connectivity index (χ4v) is 3.58. The number of benzene rings is 2. The zero-order chi connectivity index (χ0) is 19.8. The molecule has 0 aliphatic carbocycles. The minimum atomic E-state index is -0.0462. The maximum Gasteiger partial charge on any atom is 0.262 e. The second kappa shape index (κ2) is 7.20. The van der Waals surface area contributed by atoms with Gasteiger partial charge in [-0.15, -0.1) is 10.2 Å². The van der Waals surface area contributed by atoms with Crippen LogP contribution >= 0.6 is 0 Å². The Kier molecular flexibility index (Phi) is 4.73. The summed E-state index contributed by atoms with van der Waals surface area (Å²) in [5.41, 5.74) is 3.13. The summed E-state index contributed by atoms with van der Waals surface area (Å²) in [6.07, 6.45) is 0. The van der Waals surface area contributed by atoms with Crippen LogP contribution in [0.25, 0.3) is 16.7 Å². The predicted octanol–water partition coefficient (Wildman–Crippen LogP) is 3.30. The van der Waals surface area contributed by atoms with E-state index in [0.29, 0.717) is 23.8 Å². The Morgan fingerprint density at radius 1 is 1.04 bits per heavy atom. The third-order valence-electron chi connectivity index (χ3n) is 5.24. The fourth-order valence-electron chi connectivity index (χ4n) is 3.58. The standard InChI is InChI=1S/C22H25N5O/c1-15(2)26(13-17-8-6-5-7-9-17)14-20-23-24-22-25(4)21(28)18-12-16(3)10-11-19(18)27(20)22/h5-12,15H,13-14H2,1-4H3. The Balaban J connectivity index is 1.82. The topological polar surface area (TPSA) is 55.4 Å². The molecule has 0 saturated carbocycles. The third kappa shape index (κ3) is 3.20. The molecule has 144 valence electrons. The van der Waals surface area contributed by atoms with Gasteiger partial charge in [-0.25, -0.2) is 0 Å². The molecule has 2 aromatic carbocycles. The van der Waals surface area contributed by atoms with Gasteiger partial charge in [-0.1, -0.05) is 42.0 Å². The molecule has 0 aliphatic rings. The van der Waals surface area contributed by atoms with E-state index >= 15 is 0 Å². The van der Waals surface area contributed by atoms with Crippen molar-refractivity contribution < 1.29 is 0 Å². The first-order chi connectivity index (χ1) is 13.5.